The van der Waals surface area contributed by atoms with Crippen LogP contribution in [0.15, 0.2) is 28.8 Å². The van der Waals surface area contributed by atoms with Crippen molar-refractivity contribution in [1.82, 2.24) is 10.1 Å². The Kier molecular flexibility index (Phi) is 5.62. The minimum atomic E-state index is 0.0935. The van der Waals surface area contributed by atoms with Crippen molar-refractivity contribution >= 4 is 5.91 Å². The Balaban J connectivity index is 2.27. The van der Waals surface area contributed by atoms with E-state index in [1.807, 2.05) is 38.1 Å². The number of carbonyl (C=O) groups is 1. The summed E-state index contributed by atoms with van der Waals surface area (Å²) in [6, 6.07) is 7.29. The molecular weight excluding hydrogens is 296 g/mol. The van der Waals surface area contributed by atoms with Crippen LogP contribution in [-0.4, -0.2) is 36.7 Å². The summed E-state index contributed by atoms with van der Waals surface area (Å²) >= 11 is 0. The number of hydrogen-bond acceptors (Lipinski definition) is 5. The van der Waals surface area contributed by atoms with Crippen LogP contribution in [0.4, 0.5) is 0 Å². The number of amides is 1. The van der Waals surface area contributed by atoms with E-state index in [2.05, 4.69) is 5.16 Å². The third-order valence-electron chi connectivity index (χ3n) is 3.62. The van der Waals surface area contributed by atoms with Crippen LogP contribution in [0.3, 0.4) is 0 Å². The van der Waals surface area contributed by atoms with Gasteiger partial charge in [0, 0.05) is 19.0 Å². The minimum absolute atomic E-state index is 0.0935. The van der Waals surface area contributed by atoms with E-state index < -0.39 is 0 Å². The van der Waals surface area contributed by atoms with Crippen LogP contribution in [0.2, 0.25) is 0 Å². The maximum Gasteiger partial charge on any atom is 0.222 e. The first-order valence-electron chi connectivity index (χ1n) is 7.58. The molecule has 1 amide bonds. The molecule has 124 valence electrons. The highest BCUT2D eigenvalue weighted by Gasteiger charge is 2.16. The van der Waals surface area contributed by atoms with Gasteiger partial charge in [-0.25, -0.2) is 0 Å². The lowest BCUT2D eigenvalue weighted by atomic mass is 10.1. The molecule has 0 atom stereocenters. The van der Waals surface area contributed by atoms with E-state index >= 15 is 0 Å². The highest BCUT2D eigenvalue weighted by atomic mass is 16.5. The fourth-order valence-corrected chi connectivity index (χ4v) is 2.32. The molecule has 0 aliphatic heterocycles. The summed E-state index contributed by atoms with van der Waals surface area (Å²) in [6.45, 7) is 4.86. The van der Waals surface area contributed by atoms with E-state index in [1.165, 1.54) is 0 Å². The van der Waals surface area contributed by atoms with Crippen molar-refractivity contribution in [1.29, 1.82) is 0 Å². The number of nitrogens with zero attached hydrogens (tertiary/aromatic N) is 2. The van der Waals surface area contributed by atoms with E-state index in [1.54, 1.807) is 19.1 Å². The Morgan fingerprint density at radius 2 is 2.00 bits per heavy atom. The largest absolute Gasteiger partial charge is 0.497 e. The molecule has 6 heteroatoms. The standard InChI is InChI=1S/C17H22N2O4/c1-5-17(20)19(6-2)11-12-9-16(23-18-12)14-10-13(21-3)7-8-15(14)22-4/h7-10H,5-6,11H2,1-4H3. The van der Waals surface area contributed by atoms with Gasteiger partial charge in [-0.15, -0.1) is 0 Å². The summed E-state index contributed by atoms with van der Waals surface area (Å²) in [5.74, 6) is 2.05. The van der Waals surface area contributed by atoms with Gasteiger partial charge in [0.1, 0.15) is 17.2 Å². The normalized spacial score (nSPS) is 10.4. The summed E-state index contributed by atoms with van der Waals surface area (Å²) in [6.07, 6.45) is 0.474. The van der Waals surface area contributed by atoms with Crippen molar-refractivity contribution in [3.8, 4) is 22.8 Å². The number of carbonyl (C=O) groups excluding carboxylic acids is 1. The molecule has 1 aromatic heterocycles. The number of aromatic nitrogens is 1. The zero-order valence-corrected chi connectivity index (χ0v) is 14.0. The van der Waals surface area contributed by atoms with Gasteiger partial charge in [0.25, 0.3) is 0 Å². The molecule has 0 spiro atoms. The fraction of sp³-hybridized carbons (Fsp3) is 0.412. The van der Waals surface area contributed by atoms with Gasteiger partial charge in [-0.1, -0.05) is 12.1 Å². The van der Waals surface area contributed by atoms with Crippen LogP contribution >= 0.6 is 0 Å². The van der Waals surface area contributed by atoms with Gasteiger partial charge in [-0.3, -0.25) is 4.79 Å². The van der Waals surface area contributed by atoms with E-state index in [4.69, 9.17) is 14.0 Å². The average molecular weight is 318 g/mol. The molecule has 6 nitrogen and oxygen atoms in total. The lowest BCUT2D eigenvalue weighted by molar-refractivity contribution is -0.131. The predicted molar refractivity (Wildman–Crippen MR) is 86.4 cm³/mol. The molecule has 1 heterocycles. The second-order valence-corrected chi connectivity index (χ2v) is 5.01. The topological polar surface area (TPSA) is 64.8 Å². The fourth-order valence-electron chi connectivity index (χ4n) is 2.32. The van der Waals surface area contributed by atoms with Gasteiger partial charge in [-0.05, 0) is 25.1 Å². The molecule has 1 aromatic carbocycles. The molecule has 0 bridgehead atoms. The number of rotatable bonds is 7. The van der Waals surface area contributed by atoms with Crippen molar-refractivity contribution < 1.29 is 18.8 Å². The highest BCUT2D eigenvalue weighted by Crippen LogP contribution is 2.33. The lowest BCUT2D eigenvalue weighted by Gasteiger charge is -2.18. The van der Waals surface area contributed by atoms with Gasteiger partial charge in [-0.2, -0.15) is 0 Å². The van der Waals surface area contributed by atoms with E-state index in [0.29, 0.717) is 42.5 Å². The number of hydrogen-bond donors (Lipinski definition) is 0. The van der Waals surface area contributed by atoms with Crippen LogP contribution in [0.5, 0.6) is 11.5 Å². The maximum atomic E-state index is 11.8. The Labute approximate surface area is 136 Å². The molecule has 0 unspecified atom stereocenters. The quantitative estimate of drug-likeness (QED) is 0.785. The van der Waals surface area contributed by atoms with Crippen LogP contribution < -0.4 is 9.47 Å². The summed E-state index contributed by atoms with van der Waals surface area (Å²) < 4.78 is 16.0. The second kappa shape index (κ2) is 7.67. The molecular formula is C17H22N2O4. The first-order chi connectivity index (χ1) is 11.1. The Bertz CT molecular complexity index is 666. The molecule has 0 saturated heterocycles. The summed E-state index contributed by atoms with van der Waals surface area (Å²) in [5, 5.41) is 4.06. The van der Waals surface area contributed by atoms with Crippen molar-refractivity contribution in [3.63, 3.8) is 0 Å². The summed E-state index contributed by atoms with van der Waals surface area (Å²) in [7, 11) is 3.20. The summed E-state index contributed by atoms with van der Waals surface area (Å²) in [5.41, 5.74) is 1.46. The zero-order chi connectivity index (χ0) is 16.8. The SMILES string of the molecule is CCC(=O)N(CC)Cc1cc(-c2cc(OC)ccc2OC)on1. The maximum absolute atomic E-state index is 11.8. The number of ether oxygens (including phenoxy) is 2. The monoisotopic (exact) mass is 318 g/mol. The molecule has 2 rings (SSSR count). The Morgan fingerprint density at radius 1 is 1.22 bits per heavy atom. The second-order valence-electron chi connectivity index (χ2n) is 5.01. The van der Waals surface area contributed by atoms with Crippen LogP contribution in [-0.2, 0) is 11.3 Å². The molecule has 0 aliphatic rings. The molecule has 0 aliphatic carbocycles. The smallest absolute Gasteiger partial charge is 0.222 e. The zero-order valence-electron chi connectivity index (χ0n) is 14.0. The molecule has 0 radical (unpaired) electrons. The third kappa shape index (κ3) is 3.83. The minimum Gasteiger partial charge on any atom is -0.497 e. The van der Waals surface area contributed by atoms with E-state index in [0.717, 1.165) is 5.56 Å². The predicted octanol–water partition coefficient (Wildman–Crippen LogP) is 3.12. The highest BCUT2D eigenvalue weighted by molar-refractivity contribution is 5.75. The van der Waals surface area contributed by atoms with Gasteiger partial charge >= 0.3 is 0 Å². The first kappa shape index (κ1) is 16.9. The molecule has 0 fully saturated rings. The molecule has 0 N–H and O–H groups in total. The van der Waals surface area contributed by atoms with E-state index in [-0.39, 0.29) is 5.91 Å². The Hall–Kier alpha value is -2.50. The van der Waals surface area contributed by atoms with Gasteiger partial charge < -0.3 is 18.9 Å². The molecule has 23 heavy (non-hydrogen) atoms. The molecule has 0 saturated carbocycles. The van der Waals surface area contributed by atoms with Crippen LogP contribution in [0, 0.1) is 0 Å². The van der Waals surface area contributed by atoms with Gasteiger partial charge in [0.05, 0.1) is 26.3 Å². The van der Waals surface area contributed by atoms with Crippen molar-refractivity contribution in [2.75, 3.05) is 20.8 Å². The number of benzene rings is 1. The first-order valence-corrected chi connectivity index (χ1v) is 7.58. The third-order valence-corrected chi connectivity index (χ3v) is 3.62. The number of methoxy groups -OCH3 is 2. The summed E-state index contributed by atoms with van der Waals surface area (Å²) in [4.78, 5) is 13.6. The van der Waals surface area contributed by atoms with E-state index in [9.17, 15) is 4.79 Å². The average Bonchev–Trinajstić information content (AvgIpc) is 3.06. The lowest BCUT2D eigenvalue weighted by Crippen LogP contribution is -2.29. The molecule has 2 aromatic rings. The van der Waals surface area contributed by atoms with Crippen LogP contribution in [0.1, 0.15) is 26.0 Å². The Morgan fingerprint density at radius 3 is 2.61 bits per heavy atom. The van der Waals surface area contributed by atoms with Gasteiger partial charge in [0.2, 0.25) is 5.91 Å². The van der Waals surface area contributed by atoms with Crippen LogP contribution in [0.25, 0.3) is 11.3 Å². The van der Waals surface area contributed by atoms with Gasteiger partial charge in [0.15, 0.2) is 5.76 Å². The van der Waals surface area contributed by atoms with Crippen molar-refractivity contribution in [2.24, 2.45) is 0 Å². The van der Waals surface area contributed by atoms with Crippen molar-refractivity contribution in [3.05, 3.63) is 30.0 Å². The van der Waals surface area contributed by atoms with Crippen molar-refractivity contribution in [2.45, 2.75) is 26.8 Å².